The second kappa shape index (κ2) is 3.39. The number of nitriles is 1. The molecule has 0 fully saturated rings. The minimum Gasteiger partial charge on any atom is -0.376 e. The molecule has 0 aromatic carbocycles. The van der Waals surface area contributed by atoms with Crippen LogP contribution in [0.15, 0.2) is 0 Å². The van der Waals surface area contributed by atoms with Gasteiger partial charge in [-0.15, -0.1) is 11.3 Å². The number of aryl methyl sites for hydroxylation is 1. The summed E-state index contributed by atoms with van der Waals surface area (Å²) in [6, 6.07) is 2.31. The molecule has 0 aliphatic heterocycles. The third-order valence-electron chi connectivity index (χ3n) is 2.37. The number of hydrogen-bond acceptors (Lipinski definition) is 3. The van der Waals surface area contributed by atoms with E-state index in [1.807, 2.05) is 0 Å². The van der Waals surface area contributed by atoms with Gasteiger partial charge in [-0.1, -0.05) is 0 Å². The van der Waals surface area contributed by atoms with E-state index in [-0.39, 0.29) is 0 Å². The number of fused-ring (bicyclic) bond motifs is 1. The highest BCUT2D eigenvalue weighted by Gasteiger charge is 2.21. The summed E-state index contributed by atoms with van der Waals surface area (Å²) in [5, 5.41) is 13.3. The van der Waals surface area contributed by atoms with Gasteiger partial charge in [-0.2, -0.15) is 5.26 Å². The zero-order valence-corrected chi connectivity index (χ0v) is 8.50. The van der Waals surface area contributed by atoms with Crippen LogP contribution in [-0.4, -0.2) is 6.54 Å². The first-order valence-corrected chi connectivity index (χ1v) is 5.47. The summed E-state index contributed by atoms with van der Waals surface area (Å²) in [7, 11) is 0. The molecule has 1 aromatic rings. The average Bonchev–Trinajstić information content (AvgIpc) is 2.64. The highest BCUT2D eigenvalue weighted by molar-refractivity contribution is 7.16. The molecular formula is C10H12N2S. The van der Waals surface area contributed by atoms with Gasteiger partial charge in [0, 0.05) is 11.4 Å². The van der Waals surface area contributed by atoms with Crippen molar-refractivity contribution in [2.75, 3.05) is 11.9 Å². The van der Waals surface area contributed by atoms with Crippen LogP contribution in [0.3, 0.4) is 0 Å². The van der Waals surface area contributed by atoms with Crippen molar-refractivity contribution >= 4 is 16.3 Å². The highest BCUT2D eigenvalue weighted by atomic mass is 32.1. The van der Waals surface area contributed by atoms with Crippen molar-refractivity contribution in [3.8, 4) is 6.07 Å². The first-order chi connectivity index (χ1) is 6.36. The molecule has 3 heteroatoms. The second-order valence-corrected chi connectivity index (χ2v) is 4.31. The first-order valence-electron chi connectivity index (χ1n) is 4.65. The average molecular weight is 192 g/mol. The molecule has 0 amide bonds. The standard InChI is InChI=1S/C10H12N2S/c1-2-12-10-8(6-11)7-4-3-5-9(7)13-10/h12H,2-5H2,1H3. The van der Waals surface area contributed by atoms with Crippen LogP contribution in [0, 0.1) is 11.3 Å². The Morgan fingerprint density at radius 3 is 3.08 bits per heavy atom. The predicted octanol–water partition coefficient (Wildman–Crippen LogP) is 2.54. The zero-order valence-electron chi connectivity index (χ0n) is 7.68. The normalized spacial score (nSPS) is 13.8. The lowest BCUT2D eigenvalue weighted by atomic mass is 10.1. The SMILES string of the molecule is CCNc1sc2c(c1C#N)CCC2. The van der Waals surface area contributed by atoms with Crippen molar-refractivity contribution in [3.63, 3.8) is 0 Å². The summed E-state index contributed by atoms with van der Waals surface area (Å²) >= 11 is 1.76. The van der Waals surface area contributed by atoms with Crippen molar-refractivity contribution in [2.24, 2.45) is 0 Å². The highest BCUT2D eigenvalue weighted by Crippen LogP contribution is 2.38. The van der Waals surface area contributed by atoms with E-state index in [2.05, 4.69) is 18.3 Å². The fourth-order valence-electron chi connectivity index (χ4n) is 1.81. The summed E-state index contributed by atoms with van der Waals surface area (Å²) in [5.41, 5.74) is 2.21. The van der Waals surface area contributed by atoms with Crippen molar-refractivity contribution in [1.29, 1.82) is 5.26 Å². The van der Waals surface area contributed by atoms with Crippen molar-refractivity contribution in [2.45, 2.75) is 26.2 Å². The molecule has 0 spiro atoms. The van der Waals surface area contributed by atoms with E-state index in [0.717, 1.165) is 23.5 Å². The van der Waals surface area contributed by atoms with Gasteiger partial charge in [0.15, 0.2) is 0 Å². The Hall–Kier alpha value is -1.01. The Morgan fingerprint density at radius 2 is 2.38 bits per heavy atom. The molecule has 0 unspecified atom stereocenters. The third-order valence-corrected chi connectivity index (χ3v) is 3.62. The Kier molecular flexibility index (Phi) is 2.24. The van der Waals surface area contributed by atoms with Gasteiger partial charge in [0.1, 0.15) is 11.1 Å². The molecule has 0 radical (unpaired) electrons. The molecule has 2 rings (SSSR count). The Balaban J connectivity index is 2.43. The zero-order chi connectivity index (χ0) is 9.26. The summed E-state index contributed by atoms with van der Waals surface area (Å²) < 4.78 is 0. The summed E-state index contributed by atoms with van der Waals surface area (Å²) in [6.45, 7) is 2.96. The lowest BCUT2D eigenvalue weighted by Crippen LogP contribution is -1.96. The van der Waals surface area contributed by atoms with Crippen LogP contribution in [0.2, 0.25) is 0 Å². The lowest BCUT2D eigenvalue weighted by molar-refractivity contribution is 0.913. The third kappa shape index (κ3) is 1.31. The van der Waals surface area contributed by atoms with E-state index in [9.17, 15) is 0 Å². The van der Waals surface area contributed by atoms with E-state index in [1.54, 1.807) is 11.3 Å². The number of hydrogen-bond donors (Lipinski definition) is 1. The van der Waals surface area contributed by atoms with Crippen molar-refractivity contribution in [3.05, 3.63) is 16.0 Å². The molecular weight excluding hydrogens is 180 g/mol. The maximum Gasteiger partial charge on any atom is 0.107 e. The topological polar surface area (TPSA) is 35.8 Å². The molecule has 1 aromatic heterocycles. The van der Waals surface area contributed by atoms with Crippen molar-refractivity contribution in [1.82, 2.24) is 0 Å². The van der Waals surface area contributed by atoms with E-state index < -0.39 is 0 Å². The molecule has 2 nitrogen and oxygen atoms in total. The number of rotatable bonds is 2. The number of thiophene rings is 1. The Morgan fingerprint density at radius 1 is 1.54 bits per heavy atom. The smallest absolute Gasteiger partial charge is 0.107 e. The molecule has 0 saturated carbocycles. The predicted molar refractivity (Wildman–Crippen MR) is 55.2 cm³/mol. The fourth-order valence-corrected chi connectivity index (χ4v) is 3.12. The quantitative estimate of drug-likeness (QED) is 0.781. The van der Waals surface area contributed by atoms with Crippen LogP contribution in [-0.2, 0) is 12.8 Å². The van der Waals surface area contributed by atoms with E-state index >= 15 is 0 Å². The van der Waals surface area contributed by atoms with Gasteiger partial charge in [0.25, 0.3) is 0 Å². The molecule has 1 aliphatic rings. The molecule has 1 heterocycles. The molecule has 13 heavy (non-hydrogen) atoms. The lowest BCUT2D eigenvalue weighted by Gasteiger charge is -1.99. The van der Waals surface area contributed by atoms with Gasteiger partial charge >= 0.3 is 0 Å². The van der Waals surface area contributed by atoms with Gasteiger partial charge in [-0.3, -0.25) is 0 Å². The monoisotopic (exact) mass is 192 g/mol. The number of nitrogens with one attached hydrogen (secondary N) is 1. The molecule has 0 saturated heterocycles. The van der Waals surface area contributed by atoms with Crippen molar-refractivity contribution < 1.29 is 0 Å². The number of nitrogens with zero attached hydrogens (tertiary/aromatic N) is 1. The van der Waals surface area contributed by atoms with Crippen LogP contribution < -0.4 is 5.32 Å². The summed E-state index contributed by atoms with van der Waals surface area (Å²) in [5.74, 6) is 0. The molecule has 1 N–H and O–H groups in total. The first kappa shape index (κ1) is 8.58. The van der Waals surface area contributed by atoms with Gasteiger partial charge in [-0.25, -0.2) is 0 Å². The van der Waals surface area contributed by atoms with Gasteiger partial charge in [-0.05, 0) is 31.7 Å². The Labute approximate surface area is 82.2 Å². The molecule has 68 valence electrons. The van der Waals surface area contributed by atoms with Crippen LogP contribution in [0.1, 0.15) is 29.3 Å². The van der Waals surface area contributed by atoms with Crippen LogP contribution in [0.4, 0.5) is 5.00 Å². The van der Waals surface area contributed by atoms with Crippen LogP contribution in [0.5, 0.6) is 0 Å². The van der Waals surface area contributed by atoms with E-state index in [0.29, 0.717) is 0 Å². The van der Waals surface area contributed by atoms with Gasteiger partial charge in [0.2, 0.25) is 0 Å². The molecule has 1 aliphatic carbocycles. The van der Waals surface area contributed by atoms with E-state index in [4.69, 9.17) is 5.26 Å². The van der Waals surface area contributed by atoms with Gasteiger partial charge in [0.05, 0.1) is 5.56 Å². The summed E-state index contributed by atoms with van der Waals surface area (Å²) in [4.78, 5) is 1.42. The van der Waals surface area contributed by atoms with Crippen LogP contribution >= 0.6 is 11.3 Å². The van der Waals surface area contributed by atoms with Crippen LogP contribution in [0.25, 0.3) is 0 Å². The largest absolute Gasteiger partial charge is 0.376 e. The molecule has 0 bridgehead atoms. The fraction of sp³-hybridized carbons (Fsp3) is 0.500. The molecule has 0 atom stereocenters. The number of anilines is 1. The van der Waals surface area contributed by atoms with Gasteiger partial charge < -0.3 is 5.32 Å². The minimum atomic E-state index is 0.897. The maximum atomic E-state index is 9.01. The summed E-state index contributed by atoms with van der Waals surface area (Å²) in [6.07, 6.45) is 3.49. The minimum absolute atomic E-state index is 0.897. The maximum absolute atomic E-state index is 9.01. The second-order valence-electron chi connectivity index (χ2n) is 3.20. The van der Waals surface area contributed by atoms with E-state index in [1.165, 1.54) is 23.3 Å². The Bertz CT molecular complexity index is 360.